The van der Waals surface area contributed by atoms with Crippen molar-refractivity contribution >= 4 is 46.1 Å². The van der Waals surface area contributed by atoms with Gasteiger partial charge in [-0.15, -0.1) is 0 Å². The molecule has 0 aliphatic carbocycles. The van der Waals surface area contributed by atoms with Gasteiger partial charge in [0, 0.05) is 18.7 Å². The lowest BCUT2D eigenvalue weighted by atomic mass is 9.95. The number of fused-ring (bicyclic) bond motifs is 1. The Morgan fingerprint density at radius 3 is 2.15 bits per heavy atom. The molecule has 2 saturated heterocycles. The summed E-state index contributed by atoms with van der Waals surface area (Å²) in [6.07, 6.45) is 5.50. The standard InChI is InChI=1S/C46H50N8O6S/c1-27(2)38(51-44(57)59-4)42(56)54-20-7-18-46(54,3)43-48-25-36(50-43)33-16-15-31-22-30(13-14-32(31)23-33)28-9-11-29(12-10-28)35-24-47-40(49-35)37-8-6-19-53(37)41(55)39(52-45(58)60-5)34-17-21-61-26-34/h9-17,21-27,37-39H,6-8,18-20H2,1-5H3,(H,47,49)(H,48,50)(H,51,57)(H,52,58)/t37?,38-,39?,46-/m0/s1. The molecule has 4 atom stereocenters. The number of carbonyl (C=O) groups excluding carboxylic acids is 4. The average Bonchev–Trinajstić information content (AvgIpc) is 4.14. The number of hydrogen-bond acceptors (Lipinski definition) is 9. The highest BCUT2D eigenvalue weighted by molar-refractivity contribution is 7.08. The third-order valence-corrected chi connectivity index (χ3v) is 12.8. The lowest BCUT2D eigenvalue weighted by Crippen LogP contribution is -2.55. The second-order valence-corrected chi connectivity index (χ2v) is 17.0. The molecule has 5 heterocycles. The molecule has 2 aliphatic rings. The average molecular weight is 843 g/mol. The zero-order chi connectivity index (χ0) is 42.8. The number of ether oxygens (including phenoxy) is 2. The predicted molar refractivity (Wildman–Crippen MR) is 233 cm³/mol. The van der Waals surface area contributed by atoms with Crippen molar-refractivity contribution in [2.24, 2.45) is 5.92 Å². The van der Waals surface area contributed by atoms with E-state index in [9.17, 15) is 19.2 Å². The van der Waals surface area contributed by atoms with Crippen LogP contribution in [0.15, 0.2) is 89.9 Å². The fourth-order valence-corrected chi connectivity index (χ4v) is 9.33. The van der Waals surface area contributed by atoms with Crippen LogP contribution in [0.4, 0.5) is 9.59 Å². The zero-order valence-corrected chi connectivity index (χ0v) is 35.7. The number of rotatable bonds is 11. The maximum absolute atomic E-state index is 13.8. The number of aromatic nitrogens is 4. The zero-order valence-electron chi connectivity index (χ0n) is 34.9. The van der Waals surface area contributed by atoms with Crippen molar-refractivity contribution in [1.29, 1.82) is 0 Å². The fraction of sp³-hybridized carbons (Fsp3) is 0.348. The van der Waals surface area contributed by atoms with Gasteiger partial charge in [-0.25, -0.2) is 19.6 Å². The molecule has 0 bridgehead atoms. The van der Waals surface area contributed by atoms with Gasteiger partial charge in [0.25, 0.3) is 5.91 Å². The van der Waals surface area contributed by atoms with Gasteiger partial charge < -0.3 is 39.9 Å². The quantitative estimate of drug-likeness (QED) is 0.101. The van der Waals surface area contributed by atoms with Crippen LogP contribution in [0, 0.1) is 5.92 Å². The smallest absolute Gasteiger partial charge is 0.407 e. The van der Waals surface area contributed by atoms with E-state index in [-0.39, 0.29) is 23.8 Å². The lowest BCUT2D eigenvalue weighted by Gasteiger charge is -2.37. The summed E-state index contributed by atoms with van der Waals surface area (Å²) in [6.45, 7) is 6.98. The first-order valence-corrected chi connectivity index (χ1v) is 21.5. The predicted octanol–water partition coefficient (Wildman–Crippen LogP) is 8.33. The van der Waals surface area contributed by atoms with Crippen molar-refractivity contribution in [2.45, 2.75) is 70.1 Å². The highest BCUT2D eigenvalue weighted by Gasteiger charge is 2.46. The number of likely N-dealkylation sites (tertiary alicyclic amines) is 2. The molecule has 4 amide bonds. The van der Waals surface area contributed by atoms with Crippen molar-refractivity contribution in [3.8, 4) is 33.6 Å². The number of aromatic amines is 2. The van der Waals surface area contributed by atoms with Crippen LogP contribution in [0.25, 0.3) is 44.4 Å². The molecule has 3 aromatic heterocycles. The Morgan fingerprint density at radius 2 is 1.44 bits per heavy atom. The number of nitrogens with zero attached hydrogens (tertiary/aromatic N) is 4. The molecule has 0 spiro atoms. The van der Waals surface area contributed by atoms with Gasteiger partial charge in [-0.05, 0) is 101 Å². The van der Waals surface area contributed by atoms with Crippen LogP contribution in [0.3, 0.4) is 0 Å². The molecule has 6 aromatic rings. The van der Waals surface area contributed by atoms with Gasteiger partial charge in [0.1, 0.15) is 23.7 Å². The first kappa shape index (κ1) is 41.3. The van der Waals surface area contributed by atoms with Crippen LogP contribution in [0.2, 0.25) is 0 Å². The van der Waals surface area contributed by atoms with Gasteiger partial charge >= 0.3 is 12.2 Å². The maximum Gasteiger partial charge on any atom is 0.407 e. The van der Waals surface area contributed by atoms with Crippen LogP contribution in [0.5, 0.6) is 0 Å². The van der Waals surface area contributed by atoms with Crippen LogP contribution < -0.4 is 10.6 Å². The summed E-state index contributed by atoms with van der Waals surface area (Å²) in [5.74, 6) is 0.953. The largest absolute Gasteiger partial charge is 0.453 e. The molecule has 316 valence electrons. The summed E-state index contributed by atoms with van der Waals surface area (Å²) >= 11 is 1.46. The molecule has 2 aliphatic heterocycles. The van der Waals surface area contributed by atoms with Crippen molar-refractivity contribution in [3.05, 3.63) is 107 Å². The third-order valence-electron chi connectivity index (χ3n) is 12.1. The number of benzene rings is 3. The minimum atomic E-state index is -0.844. The first-order chi connectivity index (χ1) is 29.5. The van der Waals surface area contributed by atoms with Crippen LogP contribution in [-0.2, 0) is 24.6 Å². The van der Waals surface area contributed by atoms with Crippen LogP contribution >= 0.6 is 11.3 Å². The van der Waals surface area contributed by atoms with Crippen LogP contribution in [0.1, 0.15) is 75.8 Å². The monoisotopic (exact) mass is 842 g/mol. The third kappa shape index (κ3) is 8.21. The number of thiophene rings is 1. The molecule has 0 saturated carbocycles. The van der Waals surface area contributed by atoms with Gasteiger partial charge in [0.05, 0.1) is 49.6 Å². The Bertz CT molecular complexity index is 2550. The van der Waals surface area contributed by atoms with E-state index < -0.39 is 29.8 Å². The molecule has 0 radical (unpaired) electrons. The van der Waals surface area contributed by atoms with E-state index in [0.717, 1.165) is 75.7 Å². The molecule has 8 rings (SSSR count). The van der Waals surface area contributed by atoms with E-state index in [4.69, 9.17) is 19.4 Å². The number of carbonyl (C=O) groups is 4. The van der Waals surface area contributed by atoms with Crippen molar-refractivity contribution in [1.82, 2.24) is 40.4 Å². The normalized spacial score (nSPS) is 18.6. The van der Waals surface area contributed by atoms with Crippen molar-refractivity contribution in [3.63, 3.8) is 0 Å². The number of imidazole rings is 2. The lowest BCUT2D eigenvalue weighted by molar-refractivity contribution is -0.138. The van der Waals surface area contributed by atoms with Crippen molar-refractivity contribution in [2.75, 3.05) is 27.3 Å². The number of methoxy groups -OCH3 is 2. The second-order valence-electron chi connectivity index (χ2n) is 16.2. The number of nitrogens with one attached hydrogen (secondary N) is 4. The summed E-state index contributed by atoms with van der Waals surface area (Å²) < 4.78 is 9.61. The van der Waals surface area contributed by atoms with E-state index in [1.807, 2.05) is 54.9 Å². The molecular weight excluding hydrogens is 793 g/mol. The Labute approximate surface area is 358 Å². The molecule has 15 heteroatoms. The van der Waals surface area contributed by atoms with E-state index in [1.54, 1.807) is 4.90 Å². The maximum atomic E-state index is 13.8. The minimum Gasteiger partial charge on any atom is -0.453 e. The van der Waals surface area contributed by atoms with Gasteiger partial charge in [0.2, 0.25) is 5.91 Å². The molecule has 14 nitrogen and oxygen atoms in total. The SMILES string of the molecule is COC(=O)NC(C(=O)N1CCCC1c1ncc(-c2ccc(-c3ccc4cc(-c5cnc([C@]6(C)CCCN6C(=O)[C@@H](NC(=O)OC)C(C)C)[nH]5)ccc4c3)cc2)[nH]1)c1ccsc1. The molecule has 4 N–H and O–H groups in total. The number of hydrogen-bond donors (Lipinski definition) is 4. The summed E-state index contributed by atoms with van der Waals surface area (Å²) in [5.41, 5.74) is 5.90. The minimum absolute atomic E-state index is 0.122. The molecule has 61 heavy (non-hydrogen) atoms. The summed E-state index contributed by atoms with van der Waals surface area (Å²) in [4.78, 5) is 72.0. The topological polar surface area (TPSA) is 175 Å². The summed E-state index contributed by atoms with van der Waals surface area (Å²) in [7, 11) is 2.58. The Kier molecular flexibility index (Phi) is 11.7. The highest BCUT2D eigenvalue weighted by Crippen LogP contribution is 2.40. The van der Waals surface area contributed by atoms with Gasteiger partial charge in [-0.2, -0.15) is 11.3 Å². The molecule has 3 aromatic carbocycles. The fourth-order valence-electron chi connectivity index (χ4n) is 8.64. The van der Waals surface area contributed by atoms with Crippen LogP contribution in [-0.4, -0.2) is 87.1 Å². The van der Waals surface area contributed by atoms with E-state index >= 15 is 0 Å². The van der Waals surface area contributed by atoms with E-state index in [1.165, 1.54) is 25.6 Å². The molecular formula is C46H50N8O6S. The summed E-state index contributed by atoms with van der Waals surface area (Å²) in [5, 5.41) is 11.4. The summed E-state index contributed by atoms with van der Waals surface area (Å²) in [6, 6.07) is 21.1. The van der Waals surface area contributed by atoms with Gasteiger partial charge in [-0.3, -0.25) is 9.59 Å². The number of amides is 4. The second kappa shape index (κ2) is 17.2. The van der Waals surface area contributed by atoms with Gasteiger partial charge in [0.15, 0.2) is 0 Å². The number of alkyl carbamates (subject to hydrolysis) is 2. The van der Waals surface area contributed by atoms with Crippen molar-refractivity contribution < 1.29 is 28.7 Å². The first-order valence-electron chi connectivity index (χ1n) is 20.6. The number of H-pyrrole nitrogens is 2. The Morgan fingerprint density at radius 1 is 0.787 bits per heavy atom. The van der Waals surface area contributed by atoms with E-state index in [2.05, 4.69) is 81.3 Å². The Hall–Kier alpha value is -6.48. The molecule has 2 fully saturated rings. The highest BCUT2D eigenvalue weighted by atomic mass is 32.1. The molecule has 2 unspecified atom stereocenters. The van der Waals surface area contributed by atoms with Gasteiger partial charge in [-0.1, -0.05) is 62.4 Å². The Balaban J connectivity index is 0.952. The van der Waals surface area contributed by atoms with E-state index in [0.29, 0.717) is 24.7 Å².